The van der Waals surface area contributed by atoms with Crippen molar-refractivity contribution in [1.29, 1.82) is 0 Å². The highest BCUT2D eigenvalue weighted by Gasteiger charge is 2.22. The number of anilines is 1. The fourth-order valence-electron chi connectivity index (χ4n) is 2.74. The Morgan fingerprint density at radius 1 is 1.32 bits per heavy atom. The average molecular weight is 318 g/mol. The first-order valence-electron chi connectivity index (χ1n) is 7.64. The van der Waals surface area contributed by atoms with Gasteiger partial charge in [-0.15, -0.1) is 0 Å². The molecule has 0 amide bonds. The number of rotatable bonds is 4. The van der Waals surface area contributed by atoms with Gasteiger partial charge in [0, 0.05) is 30.9 Å². The minimum atomic E-state index is 0.467. The molecule has 3 rings (SSSR count). The fraction of sp³-hybridized carbons (Fsp3) is 0.412. The van der Waals surface area contributed by atoms with Crippen LogP contribution >= 0.6 is 11.6 Å². The maximum absolute atomic E-state index is 6.13. The molecule has 1 atom stereocenters. The van der Waals surface area contributed by atoms with Gasteiger partial charge in [0.2, 0.25) is 5.95 Å². The fourth-order valence-corrected chi connectivity index (χ4v) is 2.93. The van der Waals surface area contributed by atoms with Gasteiger partial charge >= 0.3 is 0 Å². The van der Waals surface area contributed by atoms with E-state index in [2.05, 4.69) is 14.9 Å². The molecule has 0 saturated carbocycles. The largest absolute Gasteiger partial charge is 0.492 e. The number of nitrogens with zero attached hydrogens (tertiary/aromatic N) is 3. The number of aryl methyl sites for hydroxylation is 1. The van der Waals surface area contributed by atoms with Crippen LogP contribution in [0, 0.1) is 12.8 Å². The maximum atomic E-state index is 6.13. The Hall–Kier alpha value is -1.81. The van der Waals surface area contributed by atoms with Gasteiger partial charge in [0.05, 0.1) is 11.6 Å². The normalized spacial score (nSPS) is 18.3. The summed E-state index contributed by atoms with van der Waals surface area (Å²) in [5.41, 5.74) is 0.999. The van der Waals surface area contributed by atoms with Crippen LogP contribution in [0.4, 0.5) is 5.95 Å². The molecule has 0 bridgehead atoms. The van der Waals surface area contributed by atoms with Crippen LogP contribution in [-0.2, 0) is 0 Å². The first kappa shape index (κ1) is 15.1. The van der Waals surface area contributed by atoms with Crippen molar-refractivity contribution < 1.29 is 4.74 Å². The summed E-state index contributed by atoms with van der Waals surface area (Å²) in [5.74, 6) is 2.05. The first-order chi connectivity index (χ1) is 10.7. The molecule has 5 heteroatoms. The second kappa shape index (κ2) is 6.97. The van der Waals surface area contributed by atoms with Crippen LogP contribution < -0.4 is 9.64 Å². The highest BCUT2D eigenvalue weighted by molar-refractivity contribution is 6.32. The second-order valence-electron chi connectivity index (χ2n) is 5.69. The monoisotopic (exact) mass is 317 g/mol. The minimum Gasteiger partial charge on any atom is -0.492 e. The van der Waals surface area contributed by atoms with Crippen LogP contribution in [0.15, 0.2) is 36.5 Å². The van der Waals surface area contributed by atoms with Crippen molar-refractivity contribution in [2.45, 2.75) is 19.8 Å². The standard InChI is InChI=1S/C17H20ClN3O/c1-13-8-9-19-17(20-13)21-10-4-5-14(11-21)12-22-16-7-3-2-6-15(16)18/h2-3,6-9,14H,4-5,10-12H2,1H3. The zero-order chi connectivity index (χ0) is 15.4. The van der Waals surface area contributed by atoms with Crippen molar-refractivity contribution in [3.05, 3.63) is 47.2 Å². The summed E-state index contributed by atoms with van der Waals surface area (Å²) < 4.78 is 5.88. The van der Waals surface area contributed by atoms with E-state index in [9.17, 15) is 0 Å². The molecule has 1 aliphatic rings. The van der Waals surface area contributed by atoms with Gasteiger partial charge in [-0.2, -0.15) is 0 Å². The number of halogens is 1. The van der Waals surface area contributed by atoms with Crippen LogP contribution in [0.3, 0.4) is 0 Å². The van der Waals surface area contributed by atoms with Crippen LogP contribution in [0.1, 0.15) is 18.5 Å². The van der Waals surface area contributed by atoms with Crippen molar-refractivity contribution in [3.8, 4) is 5.75 Å². The molecule has 1 saturated heterocycles. The van der Waals surface area contributed by atoms with Crippen molar-refractivity contribution in [2.24, 2.45) is 5.92 Å². The van der Waals surface area contributed by atoms with Gasteiger partial charge in [0.1, 0.15) is 5.75 Å². The molecule has 1 fully saturated rings. The van der Waals surface area contributed by atoms with Crippen molar-refractivity contribution in [1.82, 2.24) is 9.97 Å². The minimum absolute atomic E-state index is 0.467. The van der Waals surface area contributed by atoms with Gasteiger partial charge in [-0.3, -0.25) is 0 Å². The van der Waals surface area contributed by atoms with Crippen LogP contribution in [0.25, 0.3) is 0 Å². The van der Waals surface area contributed by atoms with Crippen LogP contribution in [-0.4, -0.2) is 29.7 Å². The van der Waals surface area contributed by atoms with Gasteiger partial charge < -0.3 is 9.64 Å². The van der Waals surface area contributed by atoms with Gasteiger partial charge in [-0.1, -0.05) is 23.7 Å². The third-order valence-corrected chi connectivity index (χ3v) is 4.21. The van der Waals surface area contributed by atoms with Crippen molar-refractivity contribution >= 4 is 17.5 Å². The summed E-state index contributed by atoms with van der Waals surface area (Å²) in [6.07, 6.45) is 4.11. The molecule has 22 heavy (non-hydrogen) atoms. The molecule has 2 heterocycles. The van der Waals surface area contributed by atoms with E-state index in [1.165, 1.54) is 0 Å². The summed E-state index contributed by atoms with van der Waals surface area (Å²) >= 11 is 6.13. The van der Waals surface area contributed by atoms with E-state index in [0.717, 1.165) is 43.3 Å². The Morgan fingerprint density at radius 2 is 2.18 bits per heavy atom. The summed E-state index contributed by atoms with van der Waals surface area (Å²) in [5, 5.41) is 0.664. The highest BCUT2D eigenvalue weighted by Crippen LogP contribution is 2.26. The van der Waals surface area contributed by atoms with E-state index in [0.29, 0.717) is 17.5 Å². The zero-order valence-electron chi connectivity index (χ0n) is 12.7. The molecule has 4 nitrogen and oxygen atoms in total. The summed E-state index contributed by atoms with van der Waals surface area (Å²) in [6, 6.07) is 9.53. The lowest BCUT2D eigenvalue weighted by Gasteiger charge is -2.32. The molecule has 0 aliphatic carbocycles. The predicted molar refractivity (Wildman–Crippen MR) is 88.7 cm³/mol. The molecule has 0 radical (unpaired) electrons. The number of para-hydroxylation sites is 1. The number of piperidine rings is 1. The smallest absolute Gasteiger partial charge is 0.225 e. The molecule has 1 aliphatic heterocycles. The zero-order valence-corrected chi connectivity index (χ0v) is 13.5. The lowest BCUT2D eigenvalue weighted by atomic mass is 9.99. The quantitative estimate of drug-likeness (QED) is 0.861. The van der Waals surface area contributed by atoms with Gasteiger partial charge in [-0.05, 0) is 38.0 Å². The SMILES string of the molecule is Cc1ccnc(N2CCCC(COc3ccccc3Cl)C2)n1. The molecule has 0 N–H and O–H groups in total. The topological polar surface area (TPSA) is 38.2 Å². The summed E-state index contributed by atoms with van der Waals surface area (Å²) in [7, 11) is 0. The van der Waals surface area contributed by atoms with Gasteiger partial charge in [0.25, 0.3) is 0 Å². The van der Waals surface area contributed by atoms with E-state index in [1.54, 1.807) is 0 Å². The molecule has 1 aromatic carbocycles. The maximum Gasteiger partial charge on any atom is 0.225 e. The lowest BCUT2D eigenvalue weighted by Crippen LogP contribution is -2.38. The Labute approximate surface area is 136 Å². The van der Waals surface area contributed by atoms with Crippen molar-refractivity contribution in [3.63, 3.8) is 0 Å². The Morgan fingerprint density at radius 3 is 3.00 bits per heavy atom. The number of benzene rings is 1. The third-order valence-electron chi connectivity index (χ3n) is 3.90. The van der Waals surface area contributed by atoms with Crippen LogP contribution in [0.5, 0.6) is 5.75 Å². The van der Waals surface area contributed by atoms with E-state index in [1.807, 2.05) is 43.5 Å². The summed E-state index contributed by atoms with van der Waals surface area (Å²) in [4.78, 5) is 11.1. The number of hydrogen-bond donors (Lipinski definition) is 0. The number of ether oxygens (including phenoxy) is 1. The van der Waals surface area contributed by atoms with E-state index in [-0.39, 0.29) is 0 Å². The molecule has 1 unspecified atom stereocenters. The molecular weight excluding hydrogens is 298 g/mol. The Bertz CT molecular complexity index is 635. The lowest BCUT2D eigenvalue weighted by molar-refractivity contribution is 0.228. The Kier molecular flexibility index (Phi) is 4.78. The third kappa shape index (κ3) is 3.69. The molecule has 1 aromatic heterocycles. The molecule has 0 spiro atoms. The predicted octanol–water partition coefficient (Wildman–Crippen LogP) is 3.73. The number of hydrogen-bond acceptors (Lipinski definition) is 4. The first-order valence-corrected chi connectivity index (χ1v) is 8.02. The van der Waals surface area contributed by atoms with Gasteiger partial charge in [0.15, 0.2) is 0 Å². The van der Waals surface area contributed by atoms with Crippen LogP contribution in [0.2, 0.25) is 5.02 Å². The molecular formula is C17H20ClN3O. The van der Waals surface area contributed by atoms with E-state index >= 15 is 0 Å². The highest BCUT2D eigenvalue weighted by atomic mass is 35.5. The van der Waals surface area contributed by atoms with E-state index in [4.69, 9.17) is 16.3 Å². The average Bonchev–Trinajstić information content (AvgIpc) is 2.54. The molecule has 116 valence electrons. The molecule has 2 aromatic rings. The van der Waals surface area contributed by atoms with E-state index < -0.39 is 0 Å². The Balaban J connectivity index is 1.60. The second-order valence-corrected chi connectivity index (χ2v) is 6.10. The number of aromatic nitrogens is 2. The van der Waals surface area contributed by atoms with Crippen molar-refractivity contribution in [2.75, 3.05) is 24.6 Å². The summed E-state index contributed by atoms with van der Waals surface area (Å²) in [6.45, 7) is 4.60. The van der Waals surface area contributed by atoms with Gasteiger partial charge in [-0.25, -0.2) is 9.97 Å².